The molecule has 0 aliphatic rings. The Hall–Kier alpha value is -7.06. The lowest BCUT2D eigenvalue weighted by Gasteiger charge is -2.13. The van der Waals surface area contributed by atoms with Gasteiger partial charge in [-0.15, -0.1) is 0 Å². The van der Waals surface area contributed by atoms with Gasteiger partial charge in [0.1, 0.15) is 45.1 Å². The Morgan fingerprint density at radius 1 is 0.441 bits per heavy atom. The van der Waals surface area contributed by atoms with Crippen molar-refractivity contribution in [2.75, 3.05) is 7.11 Å². The van der Waals surface area contributed by atoms with Crippen LogP contribution in [0.1, 0.15) is 37.4 Å². The second-order valence-corrected chi connectivity index (χ2v) is 16.5. The lowest BCUT2D eigenvalue weighted by molar-refractivity contribution is 0.103. The summed E-state index contributed by atoms with van der Waals surface area (Å²) in [5.74, 6) is 1.35. The van der Waals surface area contributed by atoms with E-state index in [2.05, 4.69) is 0 Å². The number of ether oxygens (including phenoxy) is 4. The predicted octanol–water partition coefficient (Wildman–Crippen LogP) is 9.92. The molecule has 7 aromatic rings. The third-order valence-electron chi connectivity index (χ3n) is 9.06. The Morgan fingerprint density at radius 2 is 0.780 bits per heavy atom. The zero-order valence-corrected chi connectivity index (χ0v) is 33.1. The van der Waals surface area contributed by atoms with E-state index in [-0.39, 0.29) is 44.4 Å². The maximum absolute atomic E-state index is 13.3. The summed E-state index contributed by atoms with van der Waals surface area (Å²) in [5, 5.41) is 0. The van der Waals surface area contributed by atoms with E-state index in [0.29, 0.717) is 39.5 Å². The smallest absolute Gasteiger partial charge is 0.298 e. The fraction of sp³-hybridized carbons (Fsp3) is 0.0435. The monoisotopic (exact) mass is 826 g/mol. The summed E-state index contributed by atoms with van der Waals surface area (Å²) in [4.78, 5) is 25.8. The Morgan fingerprint density at radius 3 is 1.19 bits per heavy atom. The average Bonchev–Trinajstić information content (AvgIpc) is 3.24. The Bertz CT molecular complexity index is 2860. The molecule has 13 heteroatoms. The Kier molecular flexibility index (Phi) is 11.4. The zero-order valence-electron chi connectivity index (χ0n) is 31.4. The van der Waals surface area contributed by atoms with Crippen LogP contribution in [0.15, 0.2) is 178 Å². The molecule has 0 aliphatic carbocycles. The number of sulfone groups is 1. The van der Waals surface area contributed by atoms with Gasteiger partial charge in [-0.2, -0.15) is 8.42 Å². The van der Waals surface area contributed by atoms with Crippen LogP contribution < -0.4 is 18.9 Å². The Balaban J connectivity index is 0.970. The van der Waals surface area contributed by atoms with Crippen molar-refractivity contribution in [3.05, 3.63) is 192 Å². The van der Waals surface area contributed by atoms with Crippen molar-refractivity contribution in [3.63, 3.8) is 0 Å². The number of benzene rings is 7. The fourth-order valence-corrected chi connectivity index (χ4v) is 7.77. The molecule has 7 rings (SSSR count). The van der Waals surface area contributed by atoms with Gasteiger partial charge in [0.2, 0.25) is 9.84 Å². The molecule has 0 unspecified atom stereocenters. The first-order valence-corrected chi connectivity index (χ1v) is 20.8. The van der Waals surface area contributed by atoms with Crippen molar-refractivity contribution in [3.8, 4) is 40.2 Å². The standard InChI is InChI=1S/C46H34O11S2/c1-30-3-5-31(6-4-30)45(47)34-11-17-39(18-12-34)57-43-28-23-40(29-44(43)59(51,52)53)56-37-15-9-33(10-16-37)46(48)32-7-13-36(14-8-32)55-38-21-26-42(27-22-38)58(49,50)41-24-19-35(54-2)20-25-41/h3-29H,1-2H3,(H,51,52,53). The van der Waals surface area contributed by atoms with Crippen LogP contribution in [0.5, 0.6) is 40.2 Å². The van der Waals surface area contributed by atoms with Crippen LogP contribution in [0.2, 0.25) is 0 Å². The van der Waals surface area contributed by atoms with Crippen molar-refractivity contribution < 1.29 is 49.9 Å². The van der Waals surface area contributed by atoms with Crippen LogP contribution in [0, 0.1) is 6.92 Å². The molecular weight excluding hydrogens is 793 g/mol. The van der Waals surface area contributed by atoms with Gasteiger partial charge in [-0.25, -0.2) is 8.42 Å². The van der Waals surface area contributed by atoms with Gasteiger partial charge < -0.3 is 18.9 Å². The van der Waals surface area contributed by atoms with Gasteiger partial charge in [-0.1, -0.05) is 29.8 Å². The summed E-state index contributed by atoms with van der Waals surface area (Å²) in [6.45, 7) is 1.93. The highest BCUT2D eigenvalue weighted by Crippen LogP contribution is 2.35. The number of rotatable bonds is 14. The number of carbonyl (C=O) groups is 2. The molecule has 0 saturated heterocycles. The van der Waals surface area contributed by atoms with E-state index in [9.17, 15) is 31.0 Å². The molecule has 0 spiro atoms. The predicted molar refractivity (Wildman–Crippen MR) is 219 cm³/mol. The van der Waals surface area contributed by atoms with Crippen molar-refractivity contribution >= 4 is 31.5 Å². The van der Waals surface area contributed by atoms with E-state index in [1.807, 2.05) is 19.1 Å². The number of ketones is 2. The number of carbonyl (C=O) groups excluding carboxylic acids is 2. The molecule has 0 atom stereocenters. The maximum Gasteiger partial charge on any atom is 0.298 e. The van der Waals surface area contributed by atoms with Crippen LogP contribution in [0.4, 0.5) is 0 Å². The molecule has 7 aromatic carbocycles. The quantitative estimate of drug-likeness (QED) is 0.0821. The van der Waals surface area contributed by atoms with Crippen molar-refractivity contribution in [2.45, 2.75) is 21.6 Å². The van der Waals surface area contributed by atoms with Crippen molar-refractivity contribution in [1.29, 1.82) is 0 Å². The fourth-order valence-electron chi connectivity index (χ4n) is 5.88. The lowest BCUT2D eigenvalue weighted by atomic mass is 10.0. The van der Waals surface area contributed by atoms with Crippen LogP contribution >= 0.6 is 0 Å². The second-order valence-electron chi connectivity index (χ2n) is 13.1. The average molecular weight is 827 g/mol. The second kappa shape index (κ2) is 16.8. The summed E-state index contributed by atoms with van der Waals surface area (Å²) in [6, 6.07) is 42.0. The molecular formula is C46H34O11S2. The molecule has 59 heavy (non-hydrogen) atoms. The van der Waals surface area contributed by atoms with Gasteiger partial charge in [0.15, 0.2) is 11.6 Å². The molecule has 0 fully saturated rings. The molecule has 0 aromatic heterocycles. The van der Waals surface area contributed by atoms with Gasteiger partial charge >= 0.3 is 0 Å². The molecule has 0 amide bonds. The Labute approximate surface area is 340 Å². The van der Waals surface area contributed by atoms with Crippen LogP contribution in [-0.4, -0.2) is 40.1 Å². The number of hydrogen-bond donors (Lipinski definition) is 1. The van der Waals surface area contributed by atoms with E-state index in [1.54, 1.807) is 97.1 Å². The summed E-state index contributed by atoms with van der Waals surface area (Å²) in [5.41, 5.74) is 2.71. The number of aryl methyl sites for hydroxylation is 1. The zero-order chi connectivity index (χ0) is 41.7. The van der Waals surface area contributed by atoms with E-state index in [4.69, 9.17) is 18.9 Å². The minimum atomic E-state index is -4.76. The molecule has 1 N–H and O–H groups in total. The minimum absolute atomic E-state index is 0.0761. The van der Waals surface area contributed by atoms with Gasteiger partial charge in [0.05, 0.1) is 16.9 Å². The summed E-state index contributed by atoms with van der Waals surface area (Å²) in [6.07, 6.45) is 0. The van der Waals surface area contributed by atoms with Crippen LogP contribution in [-0.2, 0) is 20.0 Å². The normalized spacial score (nSPS) is 11.4. The molecule has 0 bridgehead atoms. The van der Waals surface area contributed by atoms with E-state index in [1.165, 1.54) is 55.6 Å². The molecule has 296 valence electrons. The third kappa shape index (κ3) is 9.40. The van der Waals surface area contributed by atoms with E-state index < -0.39 is 24.9 Å². The van der Waals surface area contributed by atoms with Gasteiger partial charge in [0, 0.05) is 28.3 Å². The maximum atomic E-state index is 13.3. The number of hydrogen-bond acceptors (Lipinski definition) is 10. The molecule has 0 aliphatic heterocycles. The van der Waals surface area contributed by atoms with E-state index in [0.717, 1.165) is 11.6 Å². The van der Waals surface area contributed by atoms with Gasteiger partial charge in [0.25, 0.3) is 10.1 Å². The van der Waals surface area contributed by atoms with Gasteiger partial charge in [-0.05, 0) is 140 Å². The van der Waals surface area contributed by atoms with Crippen molar-refractivity contribution in [2.24, 2.45) is 0 Å². The van der Waals surface area contributed by atoms with Crippen molar-refractivity contribution in [1.82, 2.24) is 0 Å². The molecule has 0 saturated carbocycles. The summed E-state index contributed by atoms with van der Waals surface area (Å²) in [7, 11) is -7.00. The first-order chi connectivity index (χ1) is 28.3. The summed E-state index contributed by atoms with van der Waals surface area (Å²) < 4.78 is 83.4. The van der Waals surface area contributed by atoms with Gasteiger partial charge in [-0.3, -0.25) is 14.1 Å². The van der Waals surface area contributed by atoms with Crippen LogP contribution in [0.3, 0.4) is 0 Å². The highest BCUT2D eigenvalue weighted by molar-refractivity contribution is 7.91. The first kappa shape index (κ1) is 40.1. The number of methoxy groups -OCH3 is 1. The molecule has 0 heterocycles. The molecule has 11 nitrogen and oxygen atoms in total. The highest BCUT2D eigenvalue weighted by Gasteiger charge is 2.21. The topological polar surface area (TPSA) is 160 Å². The third-order valence-corrected chi connectivity index (χ3v) is 11.7. The minimum Gasteiger partial charge on any atom is -0.497 e. The molecule has 0 radical (unpaired) electrons. The van der Waals surface area contributed by atoms with Crippen LogP contribution in [0.25, 0.3) is 0 Å². The largest absolute Gasteiger partial charge is 0.497 e. The SMILES string of the molecule is COc1ccc(S(=O)(=O)c2ccc(Oc3ccc(C(=O)c4ccc(Oc5ccc(Oc6ccc(C(=O)c7ccc(C)cc7)cc6)c(S(=O)(=O)O)c5)cc4)cc3)cc2)cc1. The van der Waals surface area contributed by atoms with E-state index >= 15 is 0 Å². The summed E-state index contributed by atoms with van der Waals surface area (Å²) >= 11 is 0. The lowest BCUT2D eigenvalue weighted by Crippen LogP contribution is -2.03. The highest BCUT2D eigenvalue weighted by atomic mass is 32.2. The first-order valence-electron chi connectivity index (χ1n) is 17.9.